The van der Waals surface area contributed by atoms with Gasteiger partial charge in [-0.1, -0.05) is 19.4 Å². The van der Waals surface area contributed by atoms with Gasteiger partial charge in [0, 0.05) is 25.0 Å². The molecule has 4 N–H and O–H groups in total. The van der Waals surface area contributed by atoms with E-state index in [2.05, 4.69) is 37.8 Å². The van der Waals surface area contributed by atoms with Crippen LogP contribution < -0.4 is 16.0 Å². The SMILES string of the molecule is CCCCNc1ncc(C(=O)NCc2ccccn2)c(N[C@H]2CC[C@H](O)CC2)n1. The highest BCUT2D eigenvalue weighted by atomic mass is 16.3. The number of unbranched alkanes of at least 4 members (excludes halogenated alkanes) is 1. The number of aliphatic hydroxyl groups excluding tert-OH is 1. The van der Waals surface area contributed by atoms with E-state index in [1.54, 1.807) is 12.4 Å². The van der Waals surface area contributed by atoms with E-state index in [1.165, 1.54) is 0 Å². The summed E-state index contributed by atoms with van der Waals surface area (Å²) in [5.41, 5.74) is 1.20. The fourth-order valence-electron chi connectivity index (χ4n) is 3.30. The van der Waals surface area contributed by atoms with Crippen molar-refractivity contribution in [3.05, 3.63) is 41.9 Å². The number of aromatic nitrogens is 3. The lowest BCUT2D eigenvalue weighted by molar-refractivity contribution is 0.0950. The molecule has 3 rings (SSSR count). The Morgan fingerprint density at radius 3 is 2.76 bits per heavy atom. The van der Waals surface area contributed by atoms with Gasteiger partial charge in [0.05, 0.1) is 18.3 Å². The highest BCUT2D eigenvalue weighted by Gasteiger charge is 2.22. The Morgan fingerprint density at radius 1 is 1.21 bits per heavy atom. The number of carbonyl (C=O) groups excluding carboxylic acids is 1. The molecule has 0 aliphatic heterocycles. The van der Waals surface area contributed by atoms with Gasteiger partial charge in [0.1, 0.15) is 11.4 Å². The number of anilines is 2. The molecule has 29 heavy (non-hydrogen) atoms. The Kier molecular flexibility index (Phi) is 7.75. The van der Waals surface area contributed by atoms with Crippen molar-refractivity contribution in [1.29, 1.82) is 0 Å². The molecule has 1 fully saturated rings. The highest BCUT2D eigenvalue weighted by molar-refractivity contribution is 5.98. The Morgan fingerprint density at radius 2 is 2.03 bits per heavy atom. The molecule has 8 nitrogen and oxygen atoms in total. The molecule has 0 aromatic carbocycles. The zero-order valence-corrected chi connectivity index (χ0v) is 16.9. The van der Waals surface area contributed by atoms with Gasteiger partial charge < -0.3 is 21.1 Å². The van der Waals surface area contributed by atoms with Crippen LogP contribution in [0.3, 0.4) is 0 Å². The number of pyridine rings is 1. The molecule has 1 saturated carbocycles. The van der Waals surface area contributed by atoms with E-state index in [1.807, 2.05) is 18.2 Å². The standard InChI is InChI=1S/C21H30N6O2/c1-2-3-11-23-21-25-14-18(20(29)24-13-16-6-4-5-12-22-16)19(27-21)26-15-7-9-17(28)10-8-15/h4-6,12,14-15,17,28H,2-3,7-11,13H2,1H3,(H,24,29)(H2,23,25,26,27)/t15-,17-. The van der Waals surface area contributed by atoms with Gasteiger partial charge in [-0.15, -0.1) is 0 Å². The van der Waals surface area contributed by atoms with Crippen LogP contribution in [-0.2, 0) is 6.54 Å². The Balaban J connectivity index is 1.71. The molecule has 8 heteroatoms. The minimum atomic E-state index is -0.242. The number of hydrogen-bond acceptors (Lipinski definition) is 7. The summed E-state index contributed by atoms with van der Waals surface area (Å²) in [6.45, 7) is 3.25. The molecule has 0 saturated heterocycles. The summed E-state index contributed by atoms with van der Waals surface area (Å²) in [6, 6.07) is 5.77. The van der Waals surface area contributed by atoms with Crippen LogP contribution in [0.15, 0.2) is 30.6 Å². The molecule has 1 aliphatic rings. The van der Waals surface area contributed by atoms with E-state index in [9.17, 15) is 9.90 Å². The minimum absolute atomic E-state index is 0.180. The van der Waals surface area contributed by atoms with Crippen molar-refractivity contribution in [3.63, 3.8) is 0 Å². The average Bonchev–Trinajstić information content (AvgIpc) is 2.75. The van der Waals surface area contributed by atoms with Gasteiger partial charge >= 0.3 is 0 Å². The second kappa shape index (κ2) is 10.7. The quantitative estimate of drug-likeness (QED) is 0.481. The smallest absolute Gasteiger partial charge is 0.256 e. The van der Waals surface area contributed by atoms with Gasteiger partial charge in [0.2, 0.25) is 5.95 Å². The van der Waals surface area contributed by atoms with Gasteiger partial charge in [-0.25, -0.2) is 4.98 Å². The molecule has 0 bridgehead atoms. The molecular formula is C21H30N6O2. The summed E-state index contributed by atoms with van der Waals surface area (Å²) in [5.74, 6) is 0.797. The largest absolute Gasteiger partial charge is 0.393 e. The van der Waals surface area contributed by atoms with Crippen LogP contribution in [0, 0.1) is 0 Å². The second-order valence-electron chi connectivity index (χ2n) is 7.39. The van der Waals surface area contributed by atoms with Crippen LogP contribution in [0.25, 0.3) is 0 Å². The fourth-order valence-corrected chi connectivity index (χ4v) is 3.30. The molecule has 1 aliphatic carbocycles. The van der Waals surface area contributed by atoms with Crippen molar-refractivity contribution >= 4 is 17.7 Å². The van der Waals surface area contributed by atoms with E-state index in [0.29, 0.717) is 23.9 Å². The molecule has 0 unspecified atom stereocenters. The van der Waals surface area contributed by atoms with Crippen LogP contribution in [0.1, 0.15) is 61.5 Å². The maximum atomic E-state index is 12.8. The van der Waals surface area contributed by atoms with Gasteiger partial charge in [-0.05, 0) is 44.2 Å². The average molecular weight is 399 g/mol. The zero-order chi connectivity index (χ0) is 20.5. The summed E-state index contributed by atoms with van der Waals surface area (Å²) < 4.78 is 0. The number of hydrogen-bond donors (Lipinski definition) is 4. The summed E-state index contributed by atoms with van der Waals surface area (Å²) in [5, 5.41) is 19.2. The number of rotatable bonds is 9. The lowest BCUT2D eigenvalue weighted by Gasteiger charge is -2.27. The number of aliphatic hydroxyl groups is 1. The molecule has 156 valence electrons. The maximum absolute atomic E-state index is 12.8. The van der Waals surface area contributed by atoms with E-state index in [-0.39, 0.29) is 18.1 Å². The molecule has 1 amide bonds. The normalized spacial score (nSPS) is 18.8. The number of amides is 1. The summed E-state index contributed by atoms with van der Waals surface area (Å²) in [7, 11) is 0. The van der Waals surface area contributed by atoms with Gasteiger partial charge in [-0.2, -0.15) is 4.98 Å². The third-order valence-electron chi connectivity index (χ3n) is 5.04. The van der Waals surface area contributed by atoms with Gasteiger partial charge in [0.25, 0.3) is 5.91 Å². The first-order chi connectivity index (χ1) is 14.2. The van der Waals surface area contributed by atoms with Crippen molar-refractivity contribution < 1.29 is 9.90 Å². The van der Waals surface area contributed by atoms with Crippen molar-refractivity contribution in [1.82, 2.24) is 20.3 Å². The van der Waals surface area contributed by atoms with Crippen molar-refractivity contribution in [2.45, 2.75) is 64.1 Å². The number of carbonyl (C=O) groups is 1. The first kappa shape index (κ1) is 21.0. The Bertz CT molecular complexity index is 778. The van der Waals surface area contributed by atoms with Crippen molar-refractivity contribution in [2.24, 2.45) is 0 Å². The molecule has 2 aromatic rings. The van der Waals surface area contributed by atoms with E-state index in [4.69, 9.17) is 0 Å². The predicted molar refractivity (Wildman–Crippen MR) is 113 cm³/mol. The van der Waals surface area contributed by atoms with Crippen LogP contribution in [-0.4, -0.2) is 44.7 Å². The highest BCUT2D eigenvalue weighted by Crippen LogP contribution is 2.23. The van der Waals surface area contributed by atoms with Gasteiger partial charge in [0.15, 0.2) is 0 Å². The Labute approximate surface area is 171 Å². The zero-order valence-electron chi connectivity index (χ0n) is 16.9. The minimum Gasteiger partial charge on any atom is -0.393 e. The van der Waals surface area contributed by atoms with Crippen LogP contribution >= 0.6 is 0 Å². The third-order valence-corrected chi connectivity index (χ3v) is 5.04. The topological polar surface area (TPSA) is 112 Å². The van der Waals surface area contributed by atoms with Crippen molar-refractivity contribution in [2.75, 3.05) is 17.2 Å². The maximum Gasteiger partial charge on any atom is 0.256 e. The van der Waals surface area contributed by atoms with E-state index < -0.39 is 0 Å². The first-order valence-corrected chi connectivity index (χ1v) is 10.4. The van der Waals surface area contributed by atoms with E-state index >= 15 is 0 Å². The lowest BCUT2D eigenvalue weighted by Crippen LogP contribution is -2.31. The molecule has 0 atom stereocenters. The molecular weight excluding hydrogens is 368 g/mol. The monoisotopic (exact) mass is 398 g/mol. The van der Waals surface area contributed by atoms with Crippen LogP contribution in [0.2, 0.25) is 0 Å². The van der Waals surface area contributed by atoms with Gasteiger partial charge in [-0.3, -0.25) is 9.78 Å². The van der Waals surface area contributed by atoms with Crippen LogP contribution in [0.5, 0.6) is 0 Å². The summed E-state index contributed by atoms with van der Waals surface area (Å²) in [4.78, 5) is 25.9. The molecule has 2 aromatic heterocycles. The van der Waals surface area contributed by atoms with Crippen molar-refractivity contribution in [3.8, 4) is 0 Å². The third kappa shape index (κ3) is 6.39. The Hall–Kier alpha value is -2.74. The summed E-state index contributed by atoms with van der Waals surface area (Å²) in [6.07, 6.45) is 8.34. The predicted octanol–water partition coefficient (Wildman–Crippen LogP) is 2.73. The number of nitrogens with one attached hydrogen (secondary N) is 3. The summed E-state index contributed by atoms with van der Waals surface area (Å²) >= 11 is 0. The molecule has 0 spiro atoms. The lowest BCUT2D eigenvalue weighted by atomic mass is 9.93. The number of nitrogens with zero attached hydrogens (tertiary/aromatic N) is 3. The fraction of sp³-hybridized carbons (Fsp3) is 0.524. The van der Waals surface area contributed by atoms with Crippen LogP contribution in [0.4, 0.5) is 11.8 Å². The molecule has 0 radical (unpaired) electrons. The first-order valence-electron chi connectivity index (χ1n) is 10.4. The van der Waals surface area contributed by atoms with E-state index in [0.717, 1.165) is 50.8 Å². The second-order valence-corrected chi connectivity index (χ2v) is 7.39. The molecule has 2 heterocycles.